The molecule has 162 valence electrons. The topological polar surface area (TPSA) is 75.7 Å². The van der Waals surface area contributed by atoms with Gasteiger partial charge in [-0.25, -0.2) is 4.79 Å². The van der Waals surface area contributed by atoms with Gasteiger partial charge < -0.3 is 10.1 Å². The van der Waals surface area contributed by atoms with E-state index in [0.29, 0.717) is 18.4 Å². The Kier molecular flexibility index (Phi) is 6.83. The van der Waals surface area contributed by atoms with Crippen molar-refractivity contribution in [2.75, 3.05) is 6.54 Å². The van der Waals surface area contributed by atoms with Crippen molar-refractivity contribution in [3.8, 4) is 0 Å². The summed E-state index contributed by atoms with van der Waals surface area (Å²) in [7, 11) is 1.95. The maximum atomic E-state index is 13.0. The molecule has 2 aromatic carbocycles. The molecule has 3 rings (SSSR count). The predicted molar refractivity (Wildman–Crippen MR) is 122 cm³/mol. The van der Waals surface area contributed by atoms with E-state index in [-0.39, 0.29) is 24.3 Å². The van der Waals surface area contributed by atoms with Crippen LogP contribution in [0.2, 0.25) is 0 Å². The number of rotatable bonds is 5. The van der Waals surface area contributed by atoms with Crippen LogP contribution in [0, 0.1) is 0 Å². The van der Waals surface area contributed by atoms with E-state index < -0.39 is 17.7 Å². The lowest BCUT2D eigenvalue weighted by molar-refractivity contribution is -0.125. The zero-order valence-electron chi connectivity index (χ0n) is 18.6. The van der Waals surface area contributed by atoms with Crippen LogP contribution in [0.4, 0.5) is 4.79 Å². The molecule has 1 saturated heterocycles. The first-order chi connectivity index (χ1) is 14.7. The molecule has 0 aliphatic carbocycles. The number of likely N-dealkylation sites (tertiary alicyclic amines) is 1. The molecule has 0 radical (unpaired) electrons. The van der Waals surface area contributed by atoms with Crippen molar-refractivity contribution >= 4 is 31.1 Å². The zero-order valence-corrected chi connectivity index (χ0v) is 18.6. The summed E-state index contributed by atoms with van der Waals surface area (Å²) in [5.41, 5.74) is 1.89. The molecule has 1 heterocycles. The lowest BCUT2D eigenvalue weighted by Crippen LogP contribution is -2.49. The first-order valence-electron chi connectivity index (χ1n) is 10.6. The highest BCUT2D eigenvalue weighted by Crippen LogP contribution is 2.37. The van der Waals surface area contributed by atoms with Gasteiger partial charge in [0, 0.05) is 5.56 Å². The van der Waals surface area contributed by atoms with Gasteiger partial charge in [-0.3, -0.25) is 14.5 Å². The largest absolute Gasteiger partial charge is 0.444 e. The smallest absolute Gasteiger partial charge is 0.411 e. The molecule has 1 aliphatic heterocycles. The molecule has 2 aromatic rings. The summed E-state index contributed by atoms with van der Waals surface area (Å²) in [6, 6.07) is 15.9. The summed E-state index contributed by atoms with van der Waals surface area (Å²) in [6.45, 7) is 5.28. The molecule has 0 aromatic heterocycles. The van der Waals surface area contributed by atoms with Crippen LogP contribution in [0.1, 0.15) is 55.6 Å². The molecule has 1 fully saturated rings. The number of Topliss-reactive ketones (excluding diaryl/α,β-unsaturated/α-hetero) is 1. The Balaban J connectivity index is 1.74. The van der Waals surface area contributed by atoms with Gasteiger partial charge in [-0.05, 0) is 39.2 Å². The molecule has 0 unspecified atom stereocenters. The number of nitrogens with zero attached hydrogens (tertiary/aromatic N) is 1. The van der Waals surface area contributed by atoms with Gasteiger partial charge in [0.25, 0.3) is 0 Å². The summed E-state index contributed by atoms with van der Waals surface area (Å²) in [5, 5.41) is 2.72. The first-order valence-corrected chi connectivity index (χ1v) is 10.6. The third-order valence-corrected chi connectivity index (χ3v) is 5.27. The molecule has 1 aliphatic rings. The number of amides is 2. The fourth-order valence-electron chi connectivity index (χ4n) is 3.77. The van der Waals surface area contributed by atoms with Gasteiger partial charge in [0.15, 0.2) is 5.78 Å². The molecule has 31 heavy (non-hydrogen) atoms. The highest BCUT2D eigenvalue weighted by atomic mass is 16.6. The number of hydrogen-bond donors (Lipinski definition) is 1. The van der Waals surface area contributed by atoms with Crippen molar-refractivity contribution in [2.45, 2.75) is 51.3 Å². The van der Waals surface area contributed by atoms with Crippen LogP contribution in [0.15, 0.2) is 54.6 Å². The van der Waals surface area contributed by atoms with Crippen molar-refractivity contribution in [3.63, 3.8) is 0 Å². The van der Waals surface area contributed by atoms with E-state index in [1.807, 2.05) is 50.3 Å². The molecule has 0 bridgehead atoms. The molecule has 2 amide bonds. The first kappa shape index (κ1) is 22.6. The third-order valence-electron chi connectivity index (χ3n) is 5.27. The molecule has 1 N–H and O–H groups in total. The third kappa shape index (κ3) is 5.75. The van der Waals surface area contributed by atoms with Gasteiger partial charge in [-0.2, -0.15) is 0 Å². The van der Waals surface area contributed by atoms with Crippen LogP contribution in [0.25, 0.3) is 0 Å². The zero-order chi connectivity index (χ0) is 22.6. The number of nitrogens with one attached hydrogen (secondary N) is 1. The minimum absolute atomic E-state index is 0.115. The fourth-order valence-corrected chi connectivity index (χ4v) is 3.77. The highest BCUT2D eigenvalue weighted by Gasteiger charge is 2.43. The van der Waals surface area contributed by atoms with E-state index in [4.69, 9.17) is 4.74 Å². The summed E-state index contributed by atoms with van der Waals surface area (Å²) in [5.74, 6) is -0.514. The summed E-state index contributed by atoms with van der Waals surface area (Å²) < 4.78 is 5.60. The predicted octanol–water partition coefficient (Wildman–Crippen LogP) is 2.38. The van der Waals surface area contributed by atoms with Gasteiger partial charge in [-0.15, -0.1) is 0 Å². The molecular formula is C24H29BN2O4. The number of hydrogen-bond acceptors (Lipinski definition) is 4. The van der Waals surface area contributed by atoms with E-state index in [0.717, 1.165) is 11.0 Å². The van der Waals surface area contributed by atoms with Crippen molar-refractivity contribution < 1.29 is 19.1 Å². The van der Waals surface area contributed by atoms with E-state index in [1.165, 1.54) is 4.90 Å². The molecular weight excluding hydrogens is 391 g/mol. The number of ketones is 1. The molecule has 2 atom stereocenters. The Morgan fingerprint density at radius 2 is 1.68 bits per heavy atom. The average molecular weight is 420 g/mol. The minimum Gasteiger partial charge on any atom is -0.444 e. The minimum atomic E-state index is -0.689. The molecule has 0 saturated carbocycles. The van der Waals surface area contributed by atoms with E-state index >= 15 is 0 Å². The molecule has 7 heteroatoms. The molecule has 6 nitrogen and oxygen atoms in total. The Morgan fingerprint density at radius 3 is 2.29 bits per heavy atom. The van der Waals surface area contributed by atoms with Crippen molar-refractivity contribution in [1.29, 1.82) is 0 Å². The normalized spacial score (nSPS) is 18.5. The Bertz CT molecular complexity index is 938. The second-order valence-corrected chi connectivity index (χ2v) is 8.91. The summed E-state index contributed by atoms with van der Waals surface area (Å²) >= 11 is 0. The quantitative estimate of drug-likeness (QED) is 0.596. The number of carbonyl (C=O) groups is 3. The van der Waals surface area contributed by atoms with Crippen LogP contribution in [0.5, 0.6) is 0 Å². The Hall–Kier alpha value is -3.09. The van der Waals surface area contributed by atoms with E-state index in [1.54, 1.807) is 32.9 Å². The van der Waals surface area contributed by atoms with Gasteiger partial charge >= 0.3 is 6.09 Å². The maximum Gasteiger partial charge on any atom is 0.411 e. The van der Waals surface area contributed by atoms with Gasteiger partial charge in [0.05, 0.1) is 12.6 Å². The SMILES string of the molecule is Bc1ccc(C(=O)CNC(=O)[C@@H]2CC[C@H](c3ccccc3)N2C(=O)OC(C)(C)C)cc1. The van der Waals surface area contributed by atoms with E-state index in [9.17, 15) is 14.4 Å². The van der Waals surface area contributed by atoms with Crippen LogP contribution in [-0.2, 0) is 9.53 Å². The molecule has 0 spiro atoms. The van der Waals surface area contributed by atoms with Crippen molar-refractivity contribution in [2.24, 2.45) is 0 Å². The van der Waals surface area contributed by atoms with Gasteiger partial charge in [-0.1, -0.05) is 60.1 Å². The standard InChI is InChI=1S/C24H29BN2O4/c1-24(2,3)31-23(30)27-19(16-7-5-4-6-8-16)13-14-20(27)22(29)26-15-21(28)17-9-11-18(25)12-10-17/h4-12,19-20H,13-15,25H2,1-3H3,(H,26,29)/t19-,20+/m1/s1. The van der Waals surface area contributed by atoms with Gasteiger partial charge in [0.2, 0.25) is 5.91 Å². The Labute approximate surface area is 184 Å². The van der Waals surface area contributed by atoms with Crippen molar-refractivity contribution in [3.05, 3.63) is 65.7 Å². The Morgan fingerprint density at radius 1 is 1.03 bits per heavy atom. The second kappa shape index (κ2) is 9.37. The van der Waals surface area contributed by atoms with E-state index in [2.05, 4.69) is 5.32 Å². The summed E-state index contributed by atoms with van der Waals surface area (Å²) in [6.07, 6.45) is 0.625. The lowest BCUT2D eigenvalue weighted by Gasteiger charge is -2.32. The van der Waals surface area contributed by atoms with Crippen molar-refractivity contribution in [1.82, 2.24) is 10.2 Å². The lowest BCUT2D eigenvalue weighted by atomic mass is 9.94. The van der Waals surface area contributed by atoms with Gasteiger partial charge in [0.1, 0.15) is 19.5 Å². The van der Waals surface area contributed by atoms with Crippen LogP contribution in [0.3, 0.4) is 0 Å². The van der Waals surface area contributed by atoms with Crippen LogP contribution in [-0.4, -0.2) is 48.7 Å². The monoisotopic (exact) mass is 420 g/mol. The fraction of sp³-hybridized carbons (Fsp3) is 0.375. The van der Waals surface area contributed by atoms with Crippen LogP contribution < -0.4 is 10.8 Å². The number of carbonyl (C=O) groups excluding carboxylic acids is 3. The second-order valence-electron chi connectivity index (χ2n) is 8.91. The number of ether oxygens (including phenoxy) is 1. The average Bonchev–Trinajstić information content (AvgIpc) is 3.17. The maximum absolute atomic E-state index is 13.0. The summed E-state index contributed by atoms with van der Waals surface area (Å²) in [4.78, 5) is 40.0. The highest BCUT2D eigenvalue weighted by molar-refractivity contribution is 6.32. The van der Waals surface area contributed by atoms with Crippen LogP contribution >= 0.6 is 0 Å². The number of benzene rings is 2.